The highest BCUT2D eigenvalue weighted by atomic mass is 16.1. The van der Waals surface area contributed by atoms with E-state index in [1.165, 1.54) is 11.1 Å². The first-order valence-electron chi connectivity index (χ1n) is 9.19. The van der Waals surface area contributed by atoms with Gasteiger partial charge in [0.05, 0.1) is 0 Å². The van der Waals surface area contributed by atoms with Crippen LogP contribution in [0.1, 0.15) is 42.3 Å². The van der Waals surface area contributed by atoms with Crippen LogP contribution in [-0.4, -0.2) is 15.8 Å². The van der Waals surface area contributed by atoms with Crippen LogP contribution < -0.4 is 10.6 Å². The summed E-state index contributed by atoms with van der Waals surface area (Å²) in [7, 11) is 0. The summed E-state index contributed by atoms with van der Waals surface area (Å²) < 4.78 is 0. The molecule has 1 heterocycles. The third kappa shape index (κ3) is 4.50. The van der Waals surface area contributed by atoms with Gasteiger partial charge in [0, 0.05) is 23.1 Å². The second-order valence-electron chi connectivity index (χ2n) is 6.31. The number of anilines is 4. The normalized spacial score (nSPS) is 10.5. The van der Waals surface area contributed by atoms with Crippen molar-refractivity contribution >= 4 is 28.9 Å². The number of ketones is 1. The van der Waals surface area contributed by atoms with Crippen LogP contribution in [-0.2, 0) is 12.8 Å². The van der Waals surface area contributed by atoms with Crippen LogP contribution >= 0.6 is 0 Å². The maximum atomic E-state index is 11.4. The number of aromatic nitrogens is 2. The van der Waals surface area contributed by atoms with E-state index in [1.54, 1.807) is 25.3 Å². The predicted molar refractivity (Wildman–Crippen MR) is 110 cm³/mol. The number of hydrogen-bond acceptors (Lipinski definition) is 5. The summed E-state index contributed by atoms with van der Waals surface area (Å²) >= 11 is 0. The first kappa shape index (κ1) is 18.6. The van der Waals surface area contributed by atoms with Gasteiger partial charge in [-0.05, 0) is 61.2 Å². The highest BCUT2D eigenvalue weighted by molar-refractivity contribution is 5.94. The van der Waals surface area contributed by atoms with E-state index in [0.717, 1.165) is 30.0 Å². The van der Waals surface area contributed by atoms with Gasteiger partial charge in [0.2, 0.25) is 5.95 Å². The topological polar surface area (TPSA) is 66.9 Å². The molecule has 0 aliphatic carbocycles. The molecule has 2 N–H and O–H groups in total. The van der Waals surface area contributed by atoms with Crippen molar-refractivity contribution in [3.8, 4) is 0 Å². The van der Waals surface area contributed by atoms with Crippen molar-refractivity contribution in [1.29, 1.82) is 0 Å². The lowest BCUT2D eigenvalue weighted by Crippen LogP contribution is -2.04. The molecule has 0 radical (unpaired) electrons. The highest BCUT2D eigenvalue weighted by Gasteiger charge is 2.08. The fourth-order valence-corrected chi connectivity index (χ4v) is 2.94. The minimum atomic E-state index is 0.0466. The number of para-hydroxylation sites is 1. The SMILES string of the molecule is CCc1cccc(CC)c1Nc1ccnc(Nc2ccc(C(C)=O)cc2)n1. The number of nitrogens with one attached hydrogen (secondary N) is 2. The Morgan fingerprint density at radius 2 is 1.59 bits per heavy atom. The first-order valence-corrected chi connectivity index (χ1v) is 9.19. The van der Waals surface area contributed by atoms with Crippen molar-refractivity contribution < 1.29 is 4.79 Å². The molecular weight excluding hydrogens is 336 g/mol. The molecule has 0 fully saturated rings. The van der Waals surface area contributed by atoms with Gasteiger partial charge in [-0.1, -0.05) is 32.0 Å². The van der Waals surface area contributed by atoms with Gasteiger partial charge in [-0.15, -0.1) is 0 Å². The number of Topliss-reactive ketones (excluding diaryl/α,β-unsaturated/α-hetero) is 1. The summed E-state index contributed by atoms with van der Waals surface area (Å²) in [5.74, 6) is 1.29. The van der Waals surface area contributed by atoms with Crippen LogP contribution in [0.15, 0.2) is 54.7 Å². The molecular formula is C22H24N4O. The maximum absolute atomic E-state index is 11.4. The molecule has 0 unspecified atom stereocenters. The smallest absolute Gasteiger partial charge is 0.229 e. The molecule has 27 heavy (non-hydrogen) atoms. The lowest BCUT2D eigenvalue weighted by Gasteiger charge is -2.15. The van der Waals surface area contributed by atoms with E-state index in [2.05, 4.69) is 52.6 Å². The van der Waals surface area contributed by atoms with E-state index in [1.807, 2.05) is 18.2 Å². The van der Waals surface area contributed by atoms with Gasteiger partial charge in [-0.2, -0.15) is 4.98 Å². The maximum Gasteiger partial charge on any atom is 0.229 e. The molecule has 0 saturated carbocycles. The van der Waals surface area contributed by atoms with Gasteiger partial charge >= 0.3 is 0 Å². The predicted octanol–water partition coefficient (Wildman–Crippen LogP) is 5.29. The molecule has 0 aliphatic rings. The van der Waals surface area contributed by atoms with Crippen LogP contribution in [0.5, 0.6) is 0 Å². The van der Waals surface area contributed by atoms with Crippen molar-refractivity contribution in [2.75, 3.05) is 10.6 Å². The molecule has 138 valence electrons. The number of nitrogens with zero attached hydrogens (tertiary/aromatic N) is 2. The fraction of sp³-hybridized carbons (Fsp3) is 0.227. The molecule has 5 nitrogen and oxygen atoms in total. The molecule has 0 spiro atoms. The van der Waals surface area contributed by atoms with Gasteiger partial charge in [-0.3, -0.25) is 4.79 Å². The number of aryl methyl sites for hydroxylation is 2. The molecule has 0 saturated heterocycles. The standard InChI is InChI=1S/C22H24N4O/c1-4-16-7-6-8-17(5-2)21(16)25-20-13-14-23-22(26-20)24-19-11-9-18(10-12-19)15(3)27/h6-14H,4-5H2,1-3H3,(H2,23,24,25,26). The van der Waals surface area contributed by atoms with Crippen LogP contribution in [0.2, 0.25) is 0 Å². The summed E-state index contributed by atoms with van der Waals surface area (Å²) in [4.78, 5) is 20.2. The van der Waals surface area contributed by atoms with Crippen LogP contribution in [0, 0.1) is 0 Å². The molecule has 2 aromatic carbocycles. The summed E-state index contributed by atoms with van der Waals surface area (Å²) in [6, 6.07) is 15.5. The molecule has 0 aliphatic heterocycles. The molecule has 0 amide bonds. The Morgan fingerprint density at radius 1 is 0.926 bits per heavy atom. The number of hydrogen-bond donors (Lipinski definition) is 2. The molecule has 5 heteroatoms. The van der Waals surface area contributed by atoms with E-state index in [4.69, 9.17) is 0 Å². The summed E-state index contributed by atoms with van der Waals surface area (Å²) in [5, 5.41) is 6.64. The van der Waals surface area contributed by atoms with Crippen molar-refractivity contribution in [3.05, 3.63) is 71.4 Å². The average Bonchev–Trinajstić information content (AvgIpc) is 2.69. The largest absolute Gasteiger partial charge is 0.340 e. The van der Waals surface area contributed by atoms with E-state index in [9.17, 15) is 4.79 Å². The Labute approximate surface area is 159 Å². The molecule has 0 atom stereocenters. The molecule has 0 bridgehead atoms. The van der Waals surface area contributed by atoms with Crippen LogP contribution in [0.4, 0.5) is 23.1 Å². The van der Waals surface area contributed by atoms with Gasteiger partial charge in [0.25, 0.3) is 0 Å². The molecule has 3 aromatic rings. The highest BCUT2D eigenvalue weighted by Crippen LogP contribution is 2.26. The number of benzene rings is 2. The summed E-state index contributed by atoms with van der Waals surface area (Å²) in [6.07, 6.45) is 3.63. The third-order valence-electron chi connectivity index (χ3n) is 4.46. The van der Waals surface area contributed by atoms with Crippen LogP contribution in [0.25, 0.3) is 0 Å². The van der Waals surface area contributed by atoms with E-state index < -0.39 is 0 Å². The third-order valence-corrected chi connectivity index (χ3v) is 4.46. The Morgan fingerprint density at radius 3 is 2.19 bits per heavy atom. The van der Waals surface area contributed by atoms with E-state index in [0.29, 0.717) is 11.5 Å². The number of carbonyl (C=O) groups is 1. The van der Waals surface area contributed by atoms with Gasteiger partial charge in [0.1, 0.15) is 5.82 Å². The Balaban J connectivity index is 1.81. The van der Waals surface area contributed by atoms with E-state index in [-0.39, 0.29) is 5.78 Å². The number of rotatable bonds is 7. The van der Waals surface area contributed by atoms with Crippen molar-refractivity contribution in [2.24, 2.45) is 0 Å². The summed E-state index contributed by atoms with van der Waals surface area (Å²) in [5.41, 5.74) is 5.17. The quantitative estimate of drug-likeness (QED) is 0.560. The Bertz CT molecular complexity index is 913. The minimum absolute atomic E-state index is 0.0466. The van der Waals surface area contributed by atoms with Gasteiger partial charge < -0.3 is 10.6 Å². The van der Waals surface area contributed by atoms with Crippen molar-refractivity contribution in [3.63, 3.8) is 0 Å². The first-order chi connectivity index (χ1) is 13.1. The fourth-order valence-electron chi connectivity index (χ4n) is 2.94. The summed E-state index contributed by atoms with van der Waals surface area (Å²) in [6.45, 7) is 5.86. The second-order valence-corrected chi connectivity index (χ2v) is 6.31. The Kier molecular flexibility index (Phi) is 5.81. The number of carbonyl (C=O) groups excluding carboxylic acids is 1. The zero-order chi connectivity index (χ0) is 19.2. The second kappa shape index (κ2) is 8.45. The minimum Gasteiger partial charge on any atom is -0.340 e. The van der Waals surface area contributed by atoms with Gasteiger partial charge in [0.15, 0.2) is 5.78 Å². The average molecular weight is 360 g/mol. The van der Waals surface area contributed by atoms with Gasteiger partial charge in [-0.25, -0.2) is 4.98 Å². The van der Waals surface area contributed by atoms with Crippen molar-refractivity contribution in [1.82, 2.24) is 9.97 Å². The zero-order valence-corrected chi connectivity index (χ0v) is 15.9. The Hall–Kier alpha value is -3.21. The monoisotopic (exact) mass is 360 g/mol. The van der Waals surface area contributed by atoms with E-state index >= 15 is 0 Å². The molecule has 3 rings (SSSR count). The lowest BCUT2D eigenvalue weighted by atomic mass is 10.0. The zero-order valence-electron chi connectivity index (χ0n) is 15.9. The van der Waals surface area contributed by atoms with Crippen LogP contribution in [0.3, 0.4) is 0 Å². The lowest BCUT2D eigenvalue weighted by molar-refractivity contribution is 0.101. The molecule has 1 aromatic heterocycles. The van der Waals surface area contributed by atoms with Crippen molar-refractivity contribution in [2.45, 2.75) is 33.6 Å².